The van der Waals surface area contributed by atoms with Gasteiger partial charge in [0.25, 0.3) is 0 Å². The fourth-order valence-electron chi connectivity index (χ4n) is 10.9. The van der Waals surface area contributed by atoms with Gasteiger partial charge in [-0.1, -0.05) is 32.9 Å². The average molecular weight is 683 g/mol. The van der Waals surface area contributed by atoms with Crippen molar-refractivity contribution in [3.63, 3.8) is 0 Å². The summed E-state index contributed by atoms with van der Waals surface area (Å²) in [5, 5.41) is 65.2. The molecule has 0 spiro atoms. The van der Waals surface area contributed by atoms with Crippen LogP contribution in [0.2, 0.25) is 0 Å². The second-order valence-corrected chi connectivity index (χ2v) is 17.2. The number of hydrogen-bond donors (Lipinski definition) is 6. The Morgan fingerprint density at radius 3 is 2.21 bits per heavy atom. The summed E-state index contributed by atoms with van der Waals surface area (Å²) in [6, 6.07) is 0. The SMILES string of the molecule is C=C(C)[C@@H]1CC[C@]2(C)C(C[C@@H](O)[C@@H]3[C@@H]([C@](C)(CCC(O)C(C)(C)O)O[C@@H]4O[C@@H](COC(C)=O)[C@H](O)[C@H]4O)CC[C@]32C)[C@@]1(C)CCC(=O)O. The van der Waals surface area contributed by atoms with E-state index in [0.29, 0.717) is 19.3 Å². The minimum Gasteiger partial charge on any atom is -0.481 e. The summed E-state index contributed by atoms with van der Waals surface area (Å²) in [6.45, 7) is 19.1. The van der Waals surface area contributed by atoms with Crippen molar-refractivity contribution < 1.29 is 54.4 Å². The van der Waals surface area contributed by atoms with E-state index >= 15 is 0 Å². The fourth-order valence-corrected chi connectivity index (χ4v) is 10.9. The fraction of sp³-hybridized carbons (Fsp3) is 0.892. The quantitative estimate of drug-likeness (QED) is 0.122. The molecular formula is C37H62O11. The predicted octanol–water partition coefficient (Wildman–Crippen LogP) is 3.96. The standard InChI is InChI=1S/C37H62O11/c1-20(2)22-10-15-35(7)26(34(22,6)14-13-28(41)42)18-24(39)29-23(11-16-36(29,35)8)37(9,17-12-27(40)33(4,5)45)48-32-31(44)30(43)25(47-32)19-46-21(3)38/h22-27,29-32,39-40,43-45H,1,10-19H2,2-9H3,(H,41,42)/t22-,23-,24+,25-,26?,27?,29-,30-,31+,32-,34-,35+,36+,37-/m0/s1. The monoisotopic (exact) mass is 682 g/mol. The normalized spacial score (nSPS) is 43.1. The molecule has 11 heteroatoms. The first-order chi connectivity index (χ1) is 22.0. The molecule has 0 bridgehead atoms. The zero-order valence-electron chi connectivity index (χ0n) is 30.3. The lowest BCUT2D eigenvalue weighted by Crippen LogP contribution is -2.64. The Kier molecular flexibility index (Phi) is 11.3. The maximum atomic E-state index is 12.2. The molecule has 0 aromatic carbocycles. The highest BCUT2D eigenvalue weighted by Crippen LogP contribution is 2.74. The van der Waals surface area contributed by atoms with Gasteiger partial charge in [0.2, 0.25) is 0 Å². The van der Waals surface area contributed by atoms with Crippen molar-refractivity contribution in [3.05, 3.63) is 12.2 Å². The average Bonchev–Trinajstić information content (AvgIpc) is 3.48. The predicted molar refractivity (Wildman–Crippen MR) is 177 cm³/mol. The third-order valence-corrected chi connectivity index (χ3v) is 13.8. The van der Waals surface area contributed by atoms with E-state index in [0.717, 1.165) is 24.8 Å². The third-order valence-electron chi connectivity index (χ3n) is 13.8. The molecule has 276 valence electrons. The maximum Gasteiger partial charge on any atom is 0.303 e. The Hall–Kier alpha value is -1.60. The van der Waals surface area contributed by atoms with E-state index in [2.05, 4.69) is 27.4 Å². The number of carboxylic acid groups (broad SMARTS) is 1. The number of hydrogen-bond acceptors (Lipinski definition) is 10. The van der Waals surface area contributed by atoms with Gasteiger partial charge in [-0.3, -0.25) is 9.59 Å². The molecule has 4 fully saturated rings. The van der Waals surface area contributed by atoms with Gasteiger partial charge in [-0.25, -0.2) is 0 Å². The van der Waals surface area contributed by atoms with Crippen LogP contribution in [0.25, 0.3) is 0 Å². The Labute approximate surface area is 286 Å². The number of aliphatic carboxylic acids is 1. The summed E-state index contributed by atoms with van der Waals surface area (Å²) in [6.07, 6.45) is -2.08. The summed E-state index contributed by atoms with van der Waals surface area (Å²) in [5.41, 5.74) is -2.33. The molecule has 2 unspecified atom stereocenters. The van der Waals surface area contributed by atoms with Crippen molar-refractivity contribution >= 4 is 11.9 Å². The molecule has 0 radical (unpaired) electrons. The van der Waals surface area contributed by atoms with Crippen LogP contribution in [0.3, 0.4) is 0 Å². The third kappa shape index (κ3) is 6.99. The summed E-state index contributed by atoms with van der Waals surface area (Å²) < 4.78 is 17.7. The van der Waals surface area contributed by atoms with Crippen molar-refractivity contribution in [2.24, 2.45) is 39.9 Å². The Morgan fingerprint density at radius 1 is 1.02 bits per heavy atom. The molecular weight excluding hydrogens is 620 g/mol. The highest BCUT2D eigenvalue weighted by atomic mass is 16.7. The molecule has 0 aromatic rings. The van der Waals surface area contributed by atoms with Crippen molar-refractivity contribution in [3.8, 4) is 0 Å². The number of aliphatic hydroxyl groups excluding tert-OH is 4. The minimum absolute atomic E-state index is 0.0508. The first-order valence-corrected chi connectivity index (χ1v) is 17.8. The molecule has 3 aliphatic carbocycles. The number of esters is 1. The molecule has 14 atom stereocenters. The smallest absolute Gasteiger partial charge is 0.303 e. The van der Waals surface area contributed by atoms with E-state index < -0.39 is 60.0 Å². The summed E-state index contributed by atoms with van der Waals surface area (Å²) in [4.78, 5) is 23.3. The second-order valence-electron chi connectivity index (χ2n) is 17.2. The van der Waals surface area contributed by atoms with Gasteiger partial charge in [0.1, 0.15) is 24.9 Å². The topological polar surface area (TPSA) is 183 Å². The van der Waals surface area contributed by atoms with Crippen LogP contribution in [0, 0.1) is 39.9 Å². The molecule has 3 saturated carbocycles. The van der Waals surface area contributed by atoms with Gasteiger partial charge in [0.15, 0.2) is 6.29 Å². The zero-order chi connectivity index (χ0) is 36.2. The van der Waals surface area contributed by atoms with Gasteiger partial charge < -0.3 is 44.8 Å². The zero-order valence-corrected chi connectivity index (χ0v) is 30.3. The molecule has 11 nitrogen and oxygen atoms in total. The molecule has 1 aliphatic heterocycles. The van der Waals surface area contributed by atoms with E-state index in [1.165, 1.54) is 20.8 Å². The van der Waals surface area contributed by atoms with Crippen LogP contribution in [0.5, 0.6) is 0 Å². The number of fused-ring (bicyclic) bond motifs is 3. The van der Waals surface area contributed by atoms with Crippen LogP contribution < -0.4 is 0 Å². The molecule has 0 aromatic heterocycles. The molecule has 0 amide bonds. The van der Waals surface area contributed by atoms with Gasteiger partial charge >= 0.3 is 11.9 Å². The largest absolute Gasteiger partial charge is 0.481 e. The van der Waals surface area contributed by atoms with Gasteiger partial charge in [-0.15, -0.1) is 0 Å². The number of ether oxygens (including phenoxy) is 3. The minimum atomic E-state index is -1.43. The van der Waals surface area contributed by atoms with Crippen molar-refractivity contribution in [2.45, 2.75) is 161 Å². The van der Waals surface area contributed by atoms with Crippen LogP contribution >= 0.6 is 0 Å². The number of carbonyl (C=O) groups excluding carboxylic acids is 1. The van der Waals surface area contributed by atoms with Gasteiger partial charge in [0, 0.05) is 13.3 Å². The van der Waals surface area contributed by atoms with Gasteiger partial charge in [-0.2, -0.15) is 0 Å². The molecule has 1 saturated heterocycles. The number of rotatable bonds is 13. The highest BCUT2D eigenvalue weighted by Gasteiger charge is 2.70. The molecule has 48 heavy (non-hydrogen) atoms. The Bertz CT molecular complexity index is 1200. The Morgan fingerprint density at radius 2 is 1.65 bits per heavy atom. The van der Waals surface area contributed by atoms with Crippen molar-refractivity contribution in [1.82, 2.24) is 0 Å². The van der Waals surface area contributed by atoms with Gasteiger partial charge in [-0.05, 0) is 119 Å². The number of aliphatic hydroxyl groups is 5. The highest BCUT2D eigenvalue weighted by molar-refractivity contribution is 5.66. The maximum absolute atomic E-state index is 12.2. The van der Waals surface area contributed by atoms with Crippen LogP contribution in [-0.4, -0.2) is 97.2 Å². The molecule has 4 rings (SSSR count). The summed E-state index contributed by atoms with van der Waals surface area (Å²) in [5.74, 6) is -1.65. The van der Waals surface area contributed by atoms with Crippen LogP contribution in [0.4, 0.5) is 0 Å². The van der Waals surface area contributed by atoms with Crippen LogP contribution in [0.1, 0.15) is 113 Å². The lowest BCUT2D eigenvalue weighted by Gasteiger charge is -2.67. The van der Waals surface area contributed by atoms with E-state index in [1.807, 2.05) is 13.8 Å². The van der Waals surface area contributed by atoms with E-state index in [4.69, 9.17) is 14.2 Å². The van der Waals surface area contributed by atoms with E-state index in [-0.39, 0.29) is 65.8 Å². The van der Waals surface area contributed by atoms with Crippen molar-refractivity contribution in [2.75, 3.05) is 6.61 Å². The summed E-state index contributed by atoms with van der Waals surface area (Å²) >= 11 is 0. The van der Waals surface area contributed by atoms with E-state index in [9.17, 15) is 40.2 Å². The second kappa shape index (κ2) is 13.8. The number of carbonyl (C=O) groups is 2. The lowest BCUT2D eigenvalue weighted by molar-refractivity contribution is -0.262. The molecule has 1 heterocycles. The van der Waals surface area contributed by atoms with Gasteiger partial charge in [0.05, 0.1) is 23.4 Å². The first-order valence-electron chi connectivity index (χ1n) is 17.8. The molecule has 6 N–H and O–H groups in total. The van der Waals surface area contributed by atoms with Crippen LogP contribution in [-0.2, 0) is 23.8 Å². The number of carboxylic acids is 1. The summed E-state index contributed by atoms with van der Waals surface area (Å²) in [7, 11) is 0. The number of allylic oxidation sites excluding steroid dienone is 1. The molecule has 4 aliphatic rings. The lowest BCUT2D eigenvalue weighted by atomic mass is 9.37. The Balaban J connectivity index is 1.70. The first kappa shape index (κ1) is 39.2. The van der Waals surface area contributed by atoms with Crippen LogP contribution in [0.15, 0.2) is 12.2 Å². The van der Waals surface area contributed by atoms with E-state index in [1.54, 1.807) is 0 Å². The van der Waals surface area contributed by atoms with Crippen molar-refractivity contribution in [1.29, 1.82) is 0 Å².